The van der Waals surface area contributed by atoms with Crippen molar-refractivity contribution in [1.29, 1.82) is 0 Å². The van der Waals surface area contributed by atoms with E-state index in [4.69, 9.17) is 42.3 Å². The Balaban J connectivity index is 1.44. The van der Waals surface area contributed by atoms with Crippen LogP contribution in [0, 0.1) is 33.5 Å². The molecule has 5 aliphatic carbocycles. The van der Waals surface area contributed by atoms with Crippen molar-refractivity contribution in [1.82, 2.24) is 0 Å². The quantitative estimate of drug-likeness (QED) is 0.257. The first-order valence-corrected chi connectivity index (χ1v) is 18.2. The standard InChI is InChI=1S/C37H44O17/c1-15(2)25(42)51-28-35(45)27(49-17(4)39)29(5)13-34(35,44)30(6,19(29)11-20(40)46-8)36-23-21(41)32-14-33(32,37(28,36)54-31(7,52-23)53-36)24(48-16(3)38)26(43)50-22(32)18-9-10-47-12-18/h9-10,12,15,19,21-24,27-28,41,44-45H,11,13-14H2,1-8H3/t19-,21-,22-,23+,24-,27-,28?,29+,30-,31?,32-,33+,34+,35+,36-,37-/m0/s1. The Hall–Kier alpha value is -3.61. The molecule has 1 aromatic rings. The number of fused-ring (bicyclic) bond motifs is 2. The van der Waals surface area contributed by atoms with E-state index < -0.39 is 135 Å². The molecular weight excluding hydrogens is 716 g/mol. The average Bonchev–Trinajstić information content (AvgIpc) is 3.43. The van der Waals surface area contributed by atoms with E-state index in [-0.39, 0.29) is 12.8 Å². The number of esters is 5. The topological polar surface area (TPSA) is 233 Å². The molecule has 8 aliphatic rings. The zero-order valence-corrected chi connectivity index (χ0v) is 31.0. The molecule has 2 unspecified atom stereocenters. The second-order valence-electron chi connectivity index (χ2n) is 17.4. The van der Waals surface area contributed by atoms with Crippen LogP contribution in [0.1, 0.15) is 79.4 Å². The Kier molecular flexibility index (Phi) is 6.70. The number of methoxy groups -OCH3 is 1. The Morgan fingerprint density at radius 3 is 2.22 bits per heavy atom. The lowest BCUT2D eigenvalue weighted by Gasteiger charge is -2.76. The summed E-state index contributed by atoms with van der Waals surface area (Å²) in [5.41, 5.74) is -16.5. The third kappa shape index (κ3) is 3.27. The highest BCUT2D eigenvalue weighted by Gasteiger charge is 3.11. The first-order chi connectivity index (χ1) is 25.1. The van der Waals surface area contributed by atoms with Gasteiger partial charge in [0.1, 0.15) is 29.5 Å². The summed E-state index contributed by atoms with van der Waals surface area (Å²) in [6, 6.07) is 1.54. The van der Waals surface area contributed by atoms with E-state index in [1.54, 1.807) is 27.7 Å². The van der Waals surface area contributed by atoms with Crippen molar-refractivity contribution in [2.24, 2.45) is 33.5 Å². The van der Waals surface area contributed by atoms with Crippen LogP contribution in [-0.2, 0) is 61.9 Å². The van der Waals surface area contributed by atoms with E-state index in [1.807, 2.05) is 0 Å². The number of furan rings is 1. The second kappa shape index (κ2) is 10.0. The summed E-state index contributed by atoms with van der Waals surface area (Å²) in [7, 11) is 1.19. The van der Waals surface area contributed by atoms with E-state index in [1.165, 1.54) is 32.6 Å². The molecule has 1 aromatic heterocycles. The predicted octanol–water partition coefficient (Wildman–Crippen LogP) is 0.742. The van der Waals surface area contributed by atoms with Gasteiger partial charge in [-0.2, -0.15) is 0 Å². The zero-order chi connectivity index (χ0) is 39.2. The van der Waals surface area contributed by atoms with E-state index in [0.717, 1.165) is 13.8 Å². The second-order valence-corrected chi connectivity index (χ2v) is 17.4. The number of carbonyl (C=O) groups is 5. The van der Waals surface area contributed by atoms with Crippen LogP contribution < -0.4 is 0 Å². The lowest BCUT2D eigenvalue weighted by atomic mass is 9.33. The minimum atomic E-state index is -2.77. The molecule has 3 aliphatic heterocycles. The summed E-state index contributed by atoms with van der Waals surface area (Å²) in [6.45, 7) is 9.90. The van der Waals surface area contributed by atoms with Crippen molar-refractivity contribution >= 4 is 29.8 Å². The molecule has 294 valence electrons. The molecule has 8 fully saturated rings. The van der Waals surface area contributed by atoms with Gasteiger partial charge in [0, 0.05) is 43.6 Å². The van der Waals surface area contributed by atoms with Gasteiger partial charge in [-0.05, 0) is 24.8 Å². The van der Waals surface area contributed by atoms with Crippen LogP contribution in [-0.4, -0.2) is 111 Å². The first kappa shape index (κ1) is 36.1. The fraction of sp³-hybridized carbons (Fsp3) is 0.757. The molecule has 3 N–H and O–H groups in total. The van der Waals surface area contributed by atoms with E-state index in [0.29, 0.717) is 5.56 Å². The van der Waals surface area contributed by atoms with Crippen molar-refractivity contribution in [2.75, 3.05) is 7.11 Å². The Bertz CT molecular complexity index is 1910. The molecule has 5 saturated carbocycles. The van der Waals surface area contributed by atoms with Gasteiger partial charge in [0.25, 0.3) is 5.97 Å². The smallest absolute Gasteiger partial charge is 0.348 e. The fourth-order valence-corrected chi connectivity index (χ4v) is 13.6. The van der Waals surface area contributed by atoms with Crippen molar-refractivity contribution in [2.45, 2.75) is 133 Å². The number of aliphatic hydroxyl groups excluding tert-OH is 1. The molecule has 17 heteroatoms. The maximum absolute atomic E-state index is 14.5. The first-order valence-electron chi connectivity index (χ1n) is 18.2. The molecule has 1 spiro atoms. The molecule has 4 heterocycles. The van der Waals surface area contributed by atoms with Crippen LogP contribution in [0.25, 0.3) is 0 Å². The highest BCUT2D eigenvalue weighted by molar-refractivity contribution is 5.84. The normalized spacial score (nSPS) is 53.6. The molecule has 17 nitrogen and oxygen atoms in total. The molecular formula is C37H44O17. The molecule has 0 aromatic carbocycles. The van der Waals surface area contributed by atoms with Gasteiger partial charge in [-0.3, -0.25) is 19.2 Å². The van der Waals surface area contributed by atoms with Gasteiger partial charge in [-0.25, -0.2) is 4.79 Å². The Labute approximate surface area is 308 Å². The van der Waals surface area contributed by atoms with Gasteiger partial charge in [0.2, 0.25) is 6.10 Å². The maximum Gasteiger partial charge on any atom is 0.348 e. The maximum atomic E-state index is 14.5. The molecule has 54 heavy (non-hydrogen) atoms. The lowest BCUT2D eigenvalue weighted by molar-refractivity contribution is -0.454. The van der Waals surface area contributed by atoms with Gasteiger partial charge in [0.05, 0.1) is 42.5 Å². The summed E-state index contributed by atoms with van der Waals surface area (Å²) in [5, 5.41) is 40.3. The van der Waals surface area contributed by atoms with E-state index >= 15 is 0 Å². The van der Waals surface area contributed by atoms with Crippen molar-refractivity contribution in [3.63, 3.8) is 0 Å². The monoisotopic (exact) mass is 760 g/mol. The van der Waals surface area contributed by atoms with Gasteiger partial charge in [0.15, 0.2) is 17.3 Å². The van der Waals surface area contributed by atoms with Gasteiger partial charge >= 0.3 is 29.8 Å². The predicted molar refractivity (Wildman–Crippen MR) is 171 cm³/mol. The average molecular weight is 761 g/mol. The van der Waals surface area contributed by atoms with Crippen molar-refractivity contribution in [3.05, 3.63) is 24.2 Å². The molecule has 3 saturated heterocycles. The number of aliphatic hydroxyl groups is 3. The third-order valence-corrected chi connectivity index (χ3v) is 15.0. The molecule has 0 radical (unpaired) electrons. The number of hydrogen-bond acceptors (Lipinski definition) is 17. The summed E-state index contributed by atoms with van der Waals surface area (Å²) in [6.07, 6.45) is -8.36. The Morgan fingerprint density at radius 1 is 0.963 bits per heavy atom. The van der Waals surface area contributed by atoms with Crippen LogP contribution >= 0.6 is 0 Å². The number of rotatable bonds is 7. The van der Waals surface area contributed by atoms with Crippen molar-refractivity contribution < 1.29 is 81.6 Å². The molecule has 16 atom stereocenters. The zero-order valence-electron chi connectivity index (χ0n) is 31.0. The summed E-state index contributed by atoms with van der Waals surface area (Å²) < 4.78 is 55.4. The number of cyclic esters (lactones) is 1. The number of hydrogen-bond donors (Lipinski definition) is 3. The highest BCUT2D eigenvalue weighted by atomic mass is 17.0. The Morgan fingerprint density at radius 2 is 1.63 bits per heavy atom. The fourth-order valence-electron chi connectivity index (χ4n) is 13.6. The van der Waals surface area contributed by atoms with Crippen LogP contribution in [0.2, 0.25) is 0 Å². The minimum absolute atomic E-state index is 0.223. The van der Waals surface area contributed by atoms with Crippen LogP contribution in [0.15, 0.2) is 23.0 Å². The summed E-state index contributed by atoms with van der Waals surface area (Å²) in [4.78, 5) is 68.0. The van der Waals surface area contributed by atoms with Gasteiger partial charge in [-0.1, -0.05) is 27.7 Å². The largest absolute Gasteiger partial charge is 0.472 e. The highest BCUT2D eigenvalue weighted by Crippen LogP contribution is 2.95. The van der Waals surface area contributed by atoms with E-state index in [9.17, 15) is 39.3 Å². The molecule has 4 bridgehead atoms. The summed E-state index contributed by atoms with van der Waals surface area (Å²) in [5.74, 6) is -8.44. The van der Waals surface area contributed by atoms with Gasteiger partial charge < -0.3 is 57.6 Å². The summed E-state index contributed by atoms with van der Waals surface area (Å²) >= 11 is 0. The minimum Gasteiger partial charge on any atom is -0.472 e. The molecule has 9 rings (SSSR count). The number of carbonyl (C=O) groups excluding carboxylic acids is 5. The van der Waals surface area contributed by atoms with Crippen LogP contribution in [0.5, 0.6) is 0 Å². The SMILES string of the molecule is COC(=O)C[C@H]1[C@@]2(C)C[C@@]3(O)[C@@]1(C)[C@@]14OC5(C)O[C@@H]1[C@H](O)[C@]16C[C@]1([C@@H](OC(C)=O)C(=O)O[C@H]6c1ccoc1)[C@@]4(O5)C(OC(=O)C(C)C)[C@]3(O)[C@H]2OC(C)=O. The molecule has 0 amide bonds. The third-order valence-electron chi connectivity index (χ3n) is 15.0. The van der Waals surface area contributed by atoms with Crippen LogP contribution in [0.4, 0.5) is 0 Å². The number of ether oxygens (including phenoxy) is 8. The van der Waals surface area contributed by atoms with E-state index in [2.05, 4.69) is 0 Å². The van der Waals surface area contributed by atoms with Gasteiger partial charge in [-0.15, -0.1) is 0 Å². The van der Waals surface area contributed by atoms with Crippen molar-refractivity contribution in [3.8, 4) is 0 Å². The lowest BCUT2D eigenvalue weighted by Crippen LogP contribution is -2.97. The van der Waals surface area contributed by atoms with Crippen LogP contribution in [0.3, 0.4) is 0 Å².